The molecular formula is C45H79O8P. The minimum Gasteiger partial charge on any atom is -0.462 e. The largest absolute Gasteiger partial charge is 0.472 e. The fourth-order valence-corrected chi connectivity index (χ4v) is 6.42. The van der Waals surface area contributed by atoms with Gasteiger partial charge in [-0.25, -0.2) is 4.57 Å². The minimum absolute atomic E-state index is 0.00384. The molecule has 9 heteroatoms. The molecule has 8 nitrogen and oxygen atoms in total. The quantitative estimate of drug-likeness (QED) is 0.0284. The molecule has 0 aromatic heterocycles. The van der Waals surface area contributed by atoms with Crippen molar-refractivity contribution in [1.82, 2.24) is 0 Å². The van der Waals surface area contributed by atoms with E-state index in [9.17, 15) is 19.0 Å². The highest BCUT2D eigenvalue weighted by Crippen LogP contribution is 2.43. The maximum Gasteiger partial charge on any atom is 0.472 e. The van der Waals surface area contributed by atoms with Crippen LogP contribution in [0.25, 0.3) is 0 Å². The highest BCUT2D eigenvalue weighted by Gasteiger charge is 2.25. The third kappa shape index (κ3) is 39.4. The van der Waals surface area contributed by atoms with Crippen LogP contribution in [0.3, 0.4) is 0 Å². The molecule has 312 valence electrons. The average molecular weight is 779 g/mol. The maximum atomic E-state index is 12.6. The van der Waals surface area contributed by atoms with Gasteiger partial charge in [0, 0.05) is 12.8 Å². The highest BCUT2D eigenvalue weighted by molar-refractivity contribution is 7.47. The van der Waals surface area contributed by atoms with Gasteiger partial charge < -0.3 is 14.4 Å². The number of allylic oxidation sites excluding steroid dienone is 10. The van der Waals surface area contributed by atoms with Crippen molar-refractivity contribution < 1.29 is 37.6 Å². The van der Waals surface area contributed by atoms with Gasteiger partial charge in [-0.15, -0.1) is 0 Å². The lowest BCUT2D eigenvalue weighted by Crippen LogP contribution is -2.29. The first-order valence-corrected chi connectivity index (χ1v) is 23.1. The summed E-state index contributed by atoms with van der Waals surface area (Å²) in [6, 6.07) is 0. The molecule has 0 aromatic rings. The SMILES string of the molecule is CC/C=C\C/C=C\C/C=C\C/C=C\CCCCCCCCCCCCC(=O)OC(COC(=O)CCCCCCC/C=C\CCCC)COP(=O)(O)OCC. The first-order valence-electron chi connectivity index (χ1n) is 21.6. The molecule has 2 unspecified atom stereocenters. The Kier molecular flexibility index (Phi) is 38.7. The molecule has 2 atom stereocenters. The van der Waals surface area contributed by atoms with E-state index in [1.807, 2.05) is 0 Å². The molecule has 0 spiro atoms. The number of ether oxygens (including phenoxy) is 2. The Morgan fingerprint density at radius 1 is 0.519 bits per heavy atom. The number of carbonyl (C=O) groups excluding carboxylic acids is 2. The second-order valence-electron chi connectivity index (χ2n) is 14.0. The predicted molar refractivity (Wildman–Crippen MR) is 225 cm³/mol. The molecule has 0 radical (unpaired) electrons. The molecule has 0 saturated carbocycles. The number of unbranched alkanes of at least 4 members (excludes halogenated alkanes) is 17. The number of esters is 2. The van der Waals surface area contributed by atoms with Crippen LogP contribution in [0.5, 0.6) is 0 Å². The summed E-state index contributed by atoms with van der Waals surface area (Å²) >= 11 is 0. The molecule has 0 aliphatic rings. The van der Waals surface area contributed by atoms with Crippen LogP contribution in [0.4, 0.5) is 0 Å². The zero-order valence-corrected chi connectivity index (χ0v) is 35.5. The van der Waals surface area contributed by atoms with Crippen LogP contribution >= 0.6 is 7.82 Å². The summed E-state index contributed by atoms with van der Waals surface area (Å²) in [5.41, 5.74) is 0. The van der Waals surface area contributed by atoms with E-state index in [1.165, 1.54) is 51.4 Å². The van der Waals surface area contributed by atoms with E-state index in [0.717, 1.165) is 96.3 Å². The molecule has 0 aliphatic carbocycles. The Hall–Kier alpha value is -2.25. The second-order valence-corrected chi connectivity index (χ2v) is 15.4. The fraction of sp³-hybridized carbons (Fsp3) is 0.733. The van der Waals surface area contributed by atoms with Gasteiger partial charge in [-0.3, -0.25) is 18.6 Å². The summed E-state index contributed by atoms with van der Waals surface area (Å²) in [4.78, 5) is 34.7. The number of hydrogen-bond acceptors (Lipinski definition) is 7. The van der Waals surface area contributed by atoms with Crippen molar-refractivity contribution >= 4 is 19.8 Å². The number of hydrogen-bond donors (Lipinski definition) is 1. The summed E-state index contributed by atoms with van der Waals surface area (Å²) in [6.45, 7) is 5.30. The van der Waals surface area contributed by atoms with Gasteiger partial charge in [-0.2, -0.15) is 0 Å². The van der Waals surface area contributed by atoms with Gasteiger partial charge in [-0.05, 0) is 77.6 Å². The molecule has 0 fully saturated rings. The minimum atomic E-state index is -4.28. The van der Waals surface area contributed by atoms with Crippen LogP contribution in [0, 0.1) is 0 Å². The Balaban J connectivity index is 4.04. The normalized spacial score (nSPS) is 13.9. The van der Waals surface area contributed by atoms with Crippen LogP contribution in [-0.4, -0.2) is 42.8 Å². The molecule has 0 saturated heterocycles. The van der Waals surface area contributed by atoms with Crippen molar-refractivity contribution in [1.29, 1.82) is 0 Å². The summed E-state index contributed by atoms with van der Waals surface area (Å²) in [5.74, 6) is -0.817. The zero-order valence-electron chi connectivity index (χ0n) is 34.6. The van der Waals surface area contributed by atoms with E-state index < -0.39 is 26.5 Å². The van der Waals surface area contributed by atoms with E-state index in [-0.39, 0.29) is 32.0 Å². The van der Waals surface area contributed by atoms with E-state index in [2.05, 4.69) is 74.6 Å². The summed E-state index contributed by atoms with van der Waals surface area (Å²) in [5, 5.41) is 0. The third-order valence-electron chi connectivity index (χ3n) is 8.81. The van der Waals surface area contributed by atoms with Gasteiger partial charge in [0.2, 0.25) is 0 Å². The number of phosphoric acid groups is 1. The lowest BCUT2D eigenvalue weighted by molar-refractivity contribution is -0.161. The average Bonchev–Trinajstić information content (AvgIpc) is 3.15. The van der Waals surface area contributed by atoms with Gasteiger partial charge >= 0.3 is 19.8 Å². The first-order chi connectivity index (χ1) is 26.3. The number of phosphoric ester groups is 1. The molecule has 0 bridgehead atoms. The zero-order chi connectivity index (χ0) is 39.6. The highest BCUT2D eigenvalue weighted by atomic mass is 31.2. The van der Waals surface area contributed by atoms with Crippen molar-refractivity contribution in [3.63, 3.8) is 0 Å². The number of rotatable bonds is 39. The standard InChI is InChI=1S/C45H79O8P/c1-4-7-9-11-13-15-17-18-19-20-21-22-23-24-25-26-27-28-30-32-34-36-38-40-45(47)53-43(42-52-54(48,49)51-6-3)41-50-44(46)39-37-35-33-31-29-16-14-12-10-8-5-2/h7,9,12-15,18-19,21-22,43H,4-6,8,10-11,16-17,20,23-42H2,1-3H3,(H,48,49)/b9-7-,14-12-,15-13-,19-18-,22-21-. The van der Waals surface area contributed by atoms with Crippen molar-refractivity contribution in [3.05, 3.63) is 60.8 Å². The van der Waals surface area contributed by atoms with Crippen molar-refractivity contribution in [2.45, 2.75) is 194 Å². The summed E-state index contributed by atoms with van der Waals surface area (Å²) in [6.07, 6.45) is 48.5. The van der Waals surface area contributed by atoms with Crippen LogP contribution in [-0.2, 0) is 32.7 Å². The Bertz CT molecular complexity index is 1060. The second kappa shape index (κ2) is 40.4. The van der Waals surface area contributed by atoms with Crippen molar-refractivity contribution in [3.8, 4) is 0 Å². The van der Waals surface area contributed by atoms with Crippen LogP contribution < -0.4 is 0 Å². The van der Waals surface area contributed by atoms with Crippen molar-refractivity contribution in [2.75, 3.05) is 19.8 Å². The topological polar surface area (TPSA) is 108 Å². The van der Waals surface area contributed by atoms with E-state index >= 15 is 0 Å². The summed E-state index contributed by atoms with van der Waals surface area (Å²) < 4.78 is 32.6. The lowest BCUT2D eigenvalue weighted by atomic mass is 10.0. The van der Waals surface area contributed by atoms with Crippen molar-refractivity contribution in [2.24, 2.45) is 0 Å². The predicted octanol–water partition coefficient (Wildman–Crippen LogP) is 13.6. The monoisotopic (exact) mass is 779 g/mol. The molecule has 1 N–H and O–H groups in total. The molecule has 0 aliphatic heterocycles. The molecule has 54 heavy (non-hydrogen) atoms. The lowest BCUT2D eigenvalue weighted by Gasteiger charge is -2.19. The Labute approximate surface area is 330 Å². The molecule has 0 rings (SSSR count). The van der Waals surface area contributed by atoms with Gasteiger partial charge in [-0.1, -0.05) is 158 Å². The maximum absolute atomic E-state index is 12.6. The van der Waals surface area contributed by atoms with Crippen LogP contribution in [0.1, 0.15) is 188 Å². The first kappa shape index (κ1) is 51.8. The van der Waals surface area contributed by atoms with Gasteiger partial charge in [0.25, 0.3) is 0 Å². The van der Waals surface area contributed by atoms with Gasteiger partial charge in [0.1, 0.15) is 6.61 Å². The molecule has 0 heterocycles. The van der Waals surface area contributed by atoms with E-state index in [1.54, 1.807) is 6.92 Å². The summed E-state index contributed by atoms with van der Waals surface area (Å²) in [7, 11) is -4.28. The molecule has 0 amide bonds. The van der Waals surface area contributed by atoms with Gasteiger partial charge in [0.15, 0.2) is 6.10 Å². The third-order valence-corrected chi connectivity index (χ3v) is 9.87. The smallest absolute Gasteiger partial charge is 0.462 e. The fourth-order valence-electron chi connectivity index (χ4n) is 5.66. The Morgan fingerprint density at radius 3 is 1.44 bits per heavy atom. The van der Waals surface area contributed by atoms with E-state index in [4.69, 9.17) is 18.5 Å². The van der Waals surface area contributed by atoms with Gasteiger partial charge in [0.05, 0.1) is 13.2 Å². The van der Waals surface area contributed by atoms with Crippen LogP contribution in [0.2, 0.25) is 0 Å². The van der Waals surface area contributed by atoms with Crippen LogP contribution in [0.15, 0.2) is 60.8 Å². The Morgan fingerprint density at radius 2 is 0.944 bits per heavy atom. The molecular weight excluding hydrogens is 699 g/mol. The number of carbonyl (C=O) groups is 2. The van der Waals surface area contributed by atoms with E-state index in [0.29, 0.717) is 6.42 Å². The molecule has 0 aromatic carbocycles.